The minimum Gasteiger partial charge on any atom is -0.496 e. The Kier molecular flexibility index (Phi) is 4.96. The van der Waals surface area contributed by atoms with Gasteiger partial charge in [0, 0.05) is 15.5 Å². The summed E-state index contributed by atoms with van der Waals surface area (Å²) in [4.78, 5) is 17.8. The average Bonchev–Trinajstić information content (AvgIpc) is 2.60. The quantitative estimate of drug-likeness (QED) is 0.599. The van der Waals surface area contributed by atoms with Gasteiger partial charge in [-0.3, -0.25) is 4.79 Å². The smallest absolute Gasteiger partial charge is 0.282 e. The van der Waals surface area contributed by atoms with Crippen LogP contribution in [0.25, 0.3) is 10.9 Å². The number of methoxy groups -OCH3 is 1. The number of fused-ring (bicyclic) bond motifs is 1. The van der Waals surface area contributed by atoms with Crippen molar-refractivity contribution in [1.29, 1.82) is 0 Å². The molecular weight excluding hydrogens is 394 g/mol. The third-order valence-electron chi connectivity index (χ3n) is 3.93. The van der Waals surface area contributed by atoms with Gasteiger partial charge < -0.3 is 4.74 Å². The van der Waals surface area contributed by atoms with E-state index in [-0.39, 0.29) is 11.0 Å². The van der Waals surface area contributed by atoms with Crippen LogP contribution in [-0.2, 0) is 5.41 Å². The summed E-state index contributed by atoms with van der Waals surface area (Å²) in [7, 11) is 1.61. The lowest BCUT2D eigenvalue weighted by Crippen LogP contribution is -2.29. The molecule has 0 spiro atoms. The van der Waals surface area contributed by atoms with Crippen LogP contribution < -0.4 is 10.3 Å². The maximum atomic E-state index is 13.1. The van der Waals surface area contributed by atoms with Gasteiger partial charge in [-0.05, 0) is 30.3 Å². The molecule has 0 fully saturated rings. The fraction of sp³-hybridized carbons (Fsp3) is 0.250. The van der Waals surface area contributed by atoms with Crippen molar-refractivity contribution in [3.63, 3.8) is 0 Å². The lowest BCUT2D eigenvalue weighted by Gasteiger charge is -2.20. The van der Waals surface area contributed by atoms with Gasteiger partial charge in [-0.15, -0.1) is 0 Å². The summed E-state index contributed by atoms with van der Waals surface area (Å²) in [6, 6.07) is 13.0. The molecule has 0 aliphatic rings. The van der Waals surface area contributed by atoms with Crippen molar-refractivity contribution in [2.75, 3.05) is 7.11 Å². The van der Waals surface area contributed by atoms with Crippen LogP contribution in [0.15, 0.2) is 56.8 Å². The Morgan fingerprint density at radius 1 is 1.19 bits per heavy atom. The number of para-hydroxylation sites is 1. The van der Waals surface area contributed by atoms with Crippen molar-refractivity contribution < 1.29 is 4.74 Å². The molecule has 0 N–H and O–H groups in total. The third-order valence-corrected chi connectivity index (χ3v) is 4.42. The van der Waals surface area contributed by atoms with Crippen LogP contribution in [0, 0.1) is 0 Å². The van der Waals surface area contributed by atoms with Crippen molar-refractivity contribution in [2.45, 2.75) is 26.2 Å². The monoisotopic (exact) mass is 413 g/mol. The Balaban J connectivity index is 2.25. The molecule has 0 aliphatic carbocycles. The van der Waals surface area contributed by atoms with E-state index < -0.39 is 0 Å². The van der Waals surface area contributed by atoms with Crippen molar-refractivity contribution in [2.24, 2.45) is 5.10 Å². The predicted octanol–water partition coefficient (Wildman–Crippen LogP) is 4.35. The zero-order valence-corrected chi connectivity index (χ0v) is 16.7. The molecular formula is C20H20BrN3O2. The molecule has 0 atom stereocenters. The largest absolute Gasteiger partial charge is 0.496 e. The van der Waals surface area contributed by atoms with Gasteiger partial charge in [-0.25, -0.2) is 4.98 Å². The first-order valence-corrected chi connectivity index (χ1v) is 9.01. The molecule has 0 aliphatic heterocycles. The van der Waals surface area contributed by atoms with E-state index in [0.717, 1.165) is 10.0 Å². The van der Waals surface area contributed by atoms with E-state index in [1.165, 1.54) is 4.68 Å². The van der Waals surface area contributed by atoms with Crippen LogP contribution in [0.1, 0.15) is 32.2 Å². The summed E-state index contributed by atoms with van der Waals surface area (Å²) < 4.78 is 7.55. The highest BCUT2D eigenvalue weighted by Crippen LogP contribution is 2.23. The van der Waals surface area contributed by atoms with Crippen molar-refractivity contribution in [3.8, 4) is 5.75 Å². The molecule has 0 bridgehead atoms. The number of ether oxygens (including phenoxy) is 1. The third kappa shape index (κ3) is 3.55. The van der Waals surface area contributed by atoms with Gasteiger partial charge in [-0.2, -0.15) is 9.78 Å². The molecule has 26 heavy (non-hydrogen) atoms. The Hall–Kier alpha value is -2.47. The molecule has 1 aromatic heterocycles. The van der Waals surface area contributed by atoms with Gasteiger partial charge in [0.05, 0.1) is 24.2 Å². The topological polar surface area (TPSA) is 56.5 Å². The maximum Gasteiger partial charge on any atom is 0.282 e. The molecule has 0 unspecified atom stereocenters. The lowest BCUT2D eigenvalue weighted by molar-refractivity contribution is 0.414. The summed E-state index contributed by atoms with van der Waals surface area (Å²) in [5.74, 6) is 1.29. The highest BCUT2D eigenvalue weighted by molar-refractivity contribution is 9.10. The summed E-state index contributed by atoms with van der Waals surface area (Å²) in [6.07, 6.45) is 1.63. The van der Waals surface area contributed by atoms with Crippen molar-refractivity contribution >= 4 is 33.0 Å². The first-order valence-electron chi connectivity index (χ1n) is 8.21. The number of hydrogen-bond acceptors (Lipinski definition) is 4. The second-order valence-electron chi connectivity index (χ2n) is 6.95. The number of hydrogen-bond donors (Lipinski definition) is 0. The molecule has 134 valence electrons. The molecule has 6 heteroatoms. The number of rotatable bonds is 3. The number of benzene rings is 2. The van der Waals surface area contributed by atoms with E-state index >= 15 is 0 Å². The van der Waals surface area contributed by atoms with Crippen molar-refractivity contribution in [3.05, 3.63) is 68.7 Å². The fourth-order valence-electron chi connectivity index (χ4n) is 2.63. The number of aromatic nitrogens is 2. The van der Waals surface area contributed by atoms with Crippen LogP contribution in [0.4, 0.5) is 0 Å². The van der Waals surface area contributed by atoms with Gasteiger partial charge in [-0.1, -0.05) is 48.8 Å². The van der Waals surface area contributed by atoms with Crippen LogP contribution in [0.3, 0.4) is 0 Å². The molecule has 0 amide bonds. The highest BCUT2D eigenvalue weighted by Gasteiger charge is 2.22. The van der Waals surface area contributed by atoms with Gasteiger partial charge in [0.2, 0.25) is 0 Å². The molecule has 0 saturated heterocycles. The zero-order valence-electron chi connectivity index (χ0n) is 15.2. The van der Waals surface area contributed by atoms with E-state index in [1.807, 2.05) is 57.2 Å². The van der Waals surface area contributed by atoms with Crippen LogP contribution in [0.5, 0.6) is 5.75 Å². The molecule has 0 saturated carbocycles. The van der Waals surface area contributed by atoms with Gasteiger partial charge in [0.15, 0.2) is 0 Å². The standard InChI is InChI=1S/C20H20BrN3O2/c1-20(2,3)19-23-16-10-9-14(21)11-15(16)18(25)24(19)22-12-13-7-5-6-8-17(13)26-4/h5-12H,1-4H3. The molecule has 5 nitrogen and oxygen atoms in total. The second-order valence-corrected chi connectivity index (χ2v) is 7.87. The number of nitrogens with zero attached hydrogens (tertiary/aromatic N) is 3. The minimum atomic E-state index is -0.349. The van der Waals surface area contributed by atoms with Crippen LogP contribution >= 0.6 is 15.9 Å². The Bertz CT molecular complexity index is 1050. The summed E-state index contributed by atoms with van der Waals surface area (Å²) >= 11 is 3.41. The molecule has 1 heterocycles. The first kappa shape index (κ1) is 18.3. The summed E-state index contributed by atoms with van der Waals surface area (Å²) in [5.41, 5.74) is 0.897. The normalized spacial score (nSPS) is 12.0. The maximum absolute atomic E-state index is 13.1. The average molecular weight is 414 g/mol. The van der Waals surface area contributed by atoms with E-state index in [4.69, 9.17) is 9.72 Å². The van der Waals surface area contributed by atoms with E-state index in [0.29, 0.717) is 22.5 Å². The minimum absolute atomic E-state index is 0.202. The second kappa shape index (κ2) is 7.03. The first-order chi connectivity index (χ1) is 12.3. The van der Waals surface area contributed by atoms with Crippen molar-refractivity contribution in [1.82, 2.24) is 9.66 Å². The van der Waals surface area contributed by atoms with E-state index in [1.54, 1.807) is 19.4 Å². The van der Waals surface area contributed by atoms with Gasteiger partial charge in [0.1, 0.15) is 11.6 Å². The van der Waals surface area contributed by atoms with Crippen LogP contribution in [-0.4, -0.2) is 23.0 Å². The molecule has 3 aromatic rings. The zero-order chi connectivity index (χ0) is 18.9. The Labute approximate surface area is 160 Å². The SMILES string of the molecule is COc1ccccc1C=Nn1c(C(C)(C)C)nc2ccc(Br)cc2c1=O. The fourth-order valence-corrected chi connectivity index (χ4v) is 3.00. The predicted molar refractivity (Wildman–Crippen MR) is 108 cm³/mol. The van der Waals surface area contributed by atoms with E-state index in [9.17, 15) is 4.79 Å². The molecule has 3 rings (SSSR count). The lowest BCUT2D eigenvalue weighted by atomic mass is 9.95. The van der Waals surface area contributed by atoms with Gasteiger partial charge >= 0.3 is 0 Å². The summed E-state index contributed by atoms with van der Waals surface area (Å²) in [6.45, 7) is 6.03. The van der Waals surface area contributed by atoms with E-state index in [2.05, 4.69) is 21.0 Å². The van der Waals surface area contributed by atoms with Crippen LogP contribution in [0.2, 0.25) is 0 Å². The Morgan fingerprint density at radius 3 is 2.62 bits per heavy atom. The molecule has 0 radical (unpaired) electrons. The highest BCUT2D eigenvalue weighted by atomic mass is 79.9. The molecule has 2 aromatic carbocycles. The van der Waals surface area contributed by atoms with Gasteiger partial charge in [0.25, 0.3) is 5.56 Å². The Morgan fingerprint density at radius 2 is 1.92 bits per heavy atom. The summed E-state index contributed by atoms with van der Waals surface area (Å²) in [5, 5.41) is 4.97. The number of halogens is 1.